The lowest BCUT2D eigenvalue weighted by molar-refractivity contribution is 1.18. The molecule has 0 amide bonds. The molecular formula is C8H11N5. The highest BCUT2D eigenvalue weighted by Crippen LogP contribution is 1.95. The van der Waals surface area contributed by atoms with Crippen LogP contribution in [0.2, 0.25) is 0 Å². The number of guanidine groups is 1. The Morgan fingerprint density at radius 2 is 2.08 bits per heavy atom. The maximum atomic E-state index is 5.12. The van der Waals surface area contributed by atoms with Crippen LogP contribution in [0.5, 0.6) is 0 Å². The summed E-state index contributed by atoms with van der Waals surface area (Å²) in [6.07, 6.45) is 1.68. The molecule has 1 aromatic heterocycles. The molecule has 0 spiro atoms. The maximum absolute atomic E-state index is 5.12. The van der Waals surface area contributed by atoms with Crippen LogP contribution in [-0.2, 0) is 0 Å². The predicted molar refractivity (Wildman–Crippen MR) is 52.3 cm³/mol. The van der Waals surface area contributed by atoms with E-state index in [2.05, 4.69) is 15.2 Å². The average molecular weight is 177 g/mol. The largest absolute Gasteiger partial charge is 0.369 e. The first-order chi connectivity index (χ1) is 6.20. The first kappa shape index (κ1) is 9.18. The minimum atomic E-state index is -0.0599. The van der Waals surface area contributed by atoms with Gasteiger partial charge >= 0.3 is 0 Å². The zero-order valence-electron chi connectivity index (χ0n) is 7.31. The van der Waals surface area contributed by atoms with E-state index in [4.69, 9.17) is 11.5 Å². The SMILES string of the molecule is CC(=NN=C(N)N)c1ccccn1. The molecule has 0 aliphatic carbocycles. The third kappa shape index (κ3) is 2.90. The Hall–Kier alpha value is -1.91. The Morgan fingerprint density at radius 1 is 1.31 bits per heavy atom. The molecule has 5 heteroatoms. The Bertz CT molecular complexity index is 324. The molecule has 0 aliphatic heterocycles. The predicted octanol–water partition coefficient (Wildman–Crippen LogP) is 0.0790. The Balaban J connectivity index is 2.86. The summed E-state index contributed by atoms with van der Waals surface area (Å²) in [6, 6.07) is 5.54. The van der Waals surface area contributed by atoms with Crippen molar-refractivity contribution in [2.45, 2.75) is 6.92 Å². The molecule has 0 bridgehead atoms. The Kier molecular flexibility index (Phi) is 2.97. The van der Waals surface area contributed by atoms with E-state index in [0.717, 1.165) is 5.69 Å². The number of nitrogens with zero attached hydrogens (tertiary/aromatic N) is 3. The van der Waals surface area contributed by atoms with Gasteiger partial charge in [-0.1, -0.05) is 6.07 Å². The molecule has 1 heterocycles. The highest BCUT2D eigenvalue weighted by Gasteiger charge is 1.95. The second-order valence-corrected chi connectivity index (χ2v) is 2.43. The van der Waals surface area contributed by atoms with Gasteiger partial charge in [-0.05, 0) is 19.1 Å². The summed E-state index contributed by atoms with van der Waals surface area (Å²) >= 11 is 0. The van der Waals surface area contributed by atoms with Gasteiger partial charge in [0.15, 0.2) is 0 Å². The second kappa shape index (κ2) is 4.20. The van der Waals surface area contributed by atoms with Crippen molar-refractivity contribution in [2.24, 2.45) is 21.7 Å². The molecule has 1 rings (SSSR count). The number of hydrogen-bond donors (Lipinski definition) is 2. The van der Waals surface area contributed by atoms with E-state index in [1.165, 1.54) is 0 Å². The molecule has 0 atom stereocenters. The average Bonchev–Trinajstić information content (AvgIpc) is 2.15. The third-order valence-corrected chi connectivity index (χ3v) is 1.35. The van der Waals surface area contributed by atoms with Crippen molar-refractivity contribution in [1.82, 2.24) is 4.98 Å². The number of pyridine rings is 1. The molecule has 5 nitrogen and oxygen atoms in total. The summed E-state index contributed by atoms with van der Waals surface area (Å²) < 4.78 is 0. The van der Waals surface area contributed by atoms with Crippen molar-refractivity contribution in [1.29, 1.82) is 0 Å². The van der Waals surface area contributed by atoms with Crippen LogP contribution in [0.4, 0.5) is 0 Å². The molecule has 0 radical (unpaired) electrons. The zero-order chi connectivity index (χ0) is 9.68. The molecule has 1 aromatic rings. The first-order valence-corrected chi connectivity index (χ1v) is 3.75. The molecule has 0 saturated heterocycles. The van der Waals surface area contributed by atoms with E-state index >= 15 is 0 Å². The van der Waals surface area contributed by atoms with Crippen molar-refractivity contribution < 1.29 is 0 Å². The minimum absolute atomic E-state index is 0.0599. The van der Waals surface area contributed by atoms with Crippen molar-refractivity contribution in [2.75, 3.05) is 0 Å². The number of nitrogens with two attached hydrogens (primary N) is 2. The van der Waals surface area contributed by atoms with Gasteiger partial charge in [0.2, 0.25) is 5.96 Å². The van der Waals surface area contributed by atoms with Crippen LogP contribution < -0.4 is 11.5 Å². The van der Waals surface area contributed by atoms with E-state index < -0.39 is 0 Å². The normalized spacial score (nSPS) is 11.0. The van der Waals surface area contributed by atoms with E-state index in [-0.39, 0.29) is 5.96 Å². The molecule has 0 aromatic carbocycles. The Morgan fingerprint density at radius 3 is 2.62 bits per heavy atom. The summed E-state index contributed by atoms with van der Waals surface area (Å²) in [7, 11) is 0. The topological polar surface area (TPSA) is 89.6 Å². The van der Waals surface area contributed by atoms with Gasteiger partial charge in [-0.25, -0.2) is 0 Å². The molecule has 0 saturated carbocycles. The lowest BCUT2D eigenvalue weighted by atomic mass is 10.3. The number of rotatable bonds is 2. The molecule has 68 valence electrons. The molecule has 0 aliphatic rings. The van der Waals surface area contributed by atoms with Gasteiger partial charge in [0, 0.05) is 6.20 Å². The van der Waals surface area contributed by atoms with E-state index in [0.29, 0.717) is 5.71 Å². The monoisotopic (exact) mass is 177 g/mol. The molecule has 4 N–H and O–H groups in total. The Labute approximate surface area is 76.2 Å². The smallest absolute Gasteiger partial charge is 0.211 e. The van der Waals surface area contributed by atoms with Gasteiger partial charge in [0.05, 0.1) is 11.4 Å². The summed E-state index contributed by atoms with van der Waals surface area (Å²) in [6.45, 7) is 1.79. The first-order valence-electron chi connectivity index (χ1n) is 3.75. The highest BCUT2D eigenvalue weighted by atomic mass is 15.3. The quantitative estimate of drug-likeness (QED) is 0.381. The van der Waals surface area contributed by atoms with Crippen LogP contribution in [0.15, 0.2) is 34.6 Å². The number of aromatic nitrogens is 1. The summed E-state index contributed by atoms with van der Waals surface area (Å²) in [5.74, 6) is -0.0599. The number of hydrogen-bond acceptors (Lipinski definition) is 3. The summed E-state index contributed by atoms with van der Waals surface area (Å²) in [5, 5.41) is 7.31. The maximum Gasteiger partial charge on any atom is 0.211 e. The fourth-order valence-corrected chi connectivity index (χ4v) is 0.761. The van der Waals surface area contributed by atoms with E-state index in [9.17, 15) is 0 Å². The summed E-state index contributed by atoms with van der Waals surface area (Å²) in [5.41, 5.74) is 11.7. The fourth-order valence-electron chi connectivity index (χ4n) is 0.761. The van der Waals surface area contributed by atoms with E-state index in [1.807, 2.05) is 18.2 Å². The van der Waals surface area contributed by atoms with Crippen molar-refractivity contribution in [3.05, 3.63) is 30.1 Å². The lowest BCUT2D eigenvalue weighted by Crippen LogP contribution is -2.22. The molecule has 13 heavy (non-hydrogen) atoms. The molecule has 0 fully saturated rings. The van der Waals surface area contributed by atoms with Crippen LogP contribution >= 0.6 is 0 Å². The second-order valence-electron chi connectivity index (χ2n) is 2.43. The molecular weight excluding hydrogens is 166 g/mol. The lowest BCUT2D eigenvalue weighted by Gasteiger charge is -1.95. The van der Waals surface area contributed by atoms with Gasteiger partial charge in [0.1, 0.15) is 0 Å². The van der Waals surface area contributed by atoms with Crippen molar-refractivity contribution in [3.63, 3.8) is 0 Å². The standard InChI is InChI=1S/C8H11N5/c1-6(12-13-8(9)10)7-4-2-3-5-11-7/h2-5H,1H3,(H4,9,10,13). The van der Waals surface area contributed by atoms with Gasteiger partial charge in [-0.3, -0.25) is 4.98 Å². The third-order valence-electron chi connectivity index (χ3n) is 1.35. The van der Waals surface area contributed by atoms with Crippen LogP contribution in [0.1, 0.15) is 12.6 Å². The molecule has 0 unspecified atom stereocenters. The van der Waals surface area contributed by atoms with Gasteiger partial charge in [0.25, 0.3) is 0 Å². The highest BCUT2D eigenvalue weighted by molar-refractivity contribution is 5.97. The van der Waals surface area contributed by atoms with Crippen molar-refractivity contribution in [3.8, 4) is 0 Å². The van der Waals surface area contributed by atoms with Crippen LogP contribution in [0, 0.1) is 0 Å². The van der Waals surface area contributed by atoms with Crippen LogP contribution in [0.25, 0.3) is 0 Å². The minimum Gasteiger partial charge on any atom is -0.369 e. The van der Waals surface area contributed by atoms with Gasteiger partial charge in [-0.15, -0.1) is 5.10 Å². The fraction of sp³-hybridized carbons (Fsp3) is 0.125. The van der Waals surface area contributed by atoms with Gasteiger partial charge in [-0.2, -0.15) is 5.10 Å². The van der Waals surface area contributed by atoms with Crippen molar-refractivity contribution >= 4 is 11.7 Å². The summed E-state index contributed by atoms with van der Waals surface area (Å²) in [4.78, 5) is 4.07. The van der Waals surface area contributed by atoms with E-state index in [1.54, 1.807) is 13.1 Å². The zero-order valence-corrected chi connectivity index (χ0v) is 7.31. The van der Waals surface area contributed by atoms with Gasteiger partial charge < -0.3 is 11.5 Å². The van der Waals surface area contributed by atoms with Crippen LogP contribution in [-0.4, -0.2) is 16.7 Å². The van der Waals surface area contributed by atoms with Crippen LogP contribution in [0.3, 0.4) is 0 Å².